The fourth-order valence-corrected chi connectivity index (χ4v) is 1.09. The van der Waals surface area contributed by atoms with Crippen LogP contribution in [0.3, 0.4) is 0 Å². The molecule has 2 nitrogen and oxygen atoms in total. The molecule has 0 bridgehead atoms. The van der Waals surface area contributed by atoms with Crippen LogP contribution in [-0.2, 0) is 0 Å². The molecule has 0 aromatic carbocycles. The maximum atomic E-state index is 10.5. The molecule has 42 valence electrons. The summed E-state index contributed by atoms with van der Waals surface area (Å²) in [5.74, 6) is 3.56. The second kappa shape index (κ2) is 2.01. The Morgan fingerprint density at radius 1 is 1.62 bits per heavy atom. The van der Waals surface area contributed by atoms with Gasteiger partial charge >= 0.3 is 0 Å². The summed E-state index contributed by atoms with van der Waals surface area (Å²) >= 11 is 0. The van der Waals surface area contributed by atoms with Crippen LogP contribution in [0.1, 0.15) is 0 Å². The van der Waals surface area contributed by atoms with Crippen LogP contribution in [0, 0.1) is 0 Å². The molecular weight excluding hydrogens is 121 g/mol. The van der Waals surface area contributed by atoms with Gasteiger partial charge in [0.25, 0.3) is 0 Å². The number of nitrogens with two attached hydrogens (primary N) is 1. The van der Waals surface area contributed by atoms with Crippen molar-refractivity contribution in [1.82, 2.24) is 0 Å². The van der Waals surface area contributed by atoms with E-state index < -0.39 is 0 Å². The summed E-state index contributed by atoms with van der Waals surface area (Å²) in [6, 6.07) is 1.51. The zero-order chi connectivity index (χ0) is 5.98. The Bertz CT molecular complexity index is 230. The molecule has 0 radical (unpaired) electrons. The number of hydrogen-bond acceptors (Lipinski definition) is 2. The van der Waals surface area contributed by atoms with Crippen LogP contribution < -0.4 is 11.2 Å². The fourth-order valence-electron chi connectivity index (χ4n) is 0.429. The fraction of sp³-hybridized carbons (Fsp3) is 0. The van der Waals surface area contributed by atoms with Crippen molar-refractivity contribution < 1.29 is 0 Å². The van der Waals surface area contributed by atoms with Crippen molar-refractivity contribution in [2.75, 3.05) is 5.73 Å². The summed E-state index contributed by atoms with van der Waals surface area (Å²) in [4.78, 5) is 10.5. The van der Waals surface area contributed by atoms with E-state index >= 15 is 0 Å². The van der Waals surface area contributed by atoms with Crippen LogP contribution in [0.25, 0.3) is 0 Å². The molecule has 0 fully saturated rings. The van der Waals surface area contributed by atoms with E-state index in [2.05, 4.69) is 0 Å². The van der Waals surface area contributed by atoms with Crippen LogP contribution >= 0.6 is 8.19 Å². The molecule has 1 unspecified atom stereocenters. The van der Waals surface area contributed by atoms with Gasteiger partial charge in [-0.15, -0.1) is 8.19 Å². The molecule has 3 heteroatoms. The van der Waals surface area contributed by atoms with Gasteiger partial charge in [0.15, 0.2) is 0 Å². The van der Waals surface area contributed by atoms with Crippen molar-refractivity contribution >= 4 is 13.9 Å². The van der Waals surface area contributed by atoms with Gasteiger partial charge in [-0.2, -0.15) is 0 Å². The minimum absolute atomic E-state index is 0.0660. The van der Waals surface area contributed by atoms with Gasteiger partial charge in [0.2, 0.25) is 5.43 Å². The van der Waals surface area contributed by atoms with Crippen molar-refractivity contribution in [2.24, 2.45) is 0 Å². The van der Waals surface area contributed by atoms with Crippen LogP contribution in [-0.4, -0.2) is 0 Å². The molecule has 1 atom stereocenters. The van der Waals surface area contributed by atoms with Crippen LogP contribution in [0.15, 0.2) is 22.5 Å². The first-order chi connectivity index (χ1) is 3.80. The summed E-state index contributed by atoms with van der Waals surface area (Å²) in [7, 11) is 0.580. The molecule has 1 aromatic heterocycles. The number of anilines is 1. The van der Waals surface area contributed by atoms with Gasteiger partial charge in [-0.1, -0.05) is 0 Å². The van der Waals surface area contributed by atoms with E-state index in [4.69, 9.17) is 5.73 Å². The molecule has 1 heterocycles. The Morgan fingerprint density at radius 3 is 2.75 bits per heavy atom. The summed E-state index contributed by atoms with van der Waals surface area (Å²) in [5, 5.41) is 0. The quantitative estimate of drug-likeness (QED) is 0.556. The molecule has 0 amide bonds. The number of nitrogen functional groups attached to an aromatic ring is 1. The van der Waals surface area contributed by atoms with E-state index in [-0.39, 0.29) is 5.43 Å². The smallest absolute Gasteiger partial charge is 0.202 e. The summed E-state index contributed by atoms with van der Waals surface area (Å²) < 4.78 is 0. The van der Waals surface area contributed by atoms with Gasteiger partial charge in [-0.25, -0.2) is 0 Å². The maximum Gasteiger partial charge on any atom is 0.202 e. The third-order valence-electron chi connectivity index (χ3n) is 0.854. The Balaban J connectivity index is 3.35. The number of rotatable bonds is 0. The average Bonchev–Trinajstić information content (AvgIpc) is 1.77. The zero-order valence-corrected chi connectivity index (χ0v) is 5.22. The van der Waals surface area contributed by atoms with E-state index in [1.54, 1.807) is 5.80 Å². The topological polar surface area (TPSA) is 43.1 Å². The van der Waals surface area contributed by atoms with Crippen molar-refractivity contribution in [3.8, 4) is 0 Å². The highest BCUT2D eigenvalue weighted by molar-refractivity contribution is 7.28. The highest BCUT2D eigenvalue weighted by Crippen LogP contribution is 2.02. The molecule has 0 saturated carbocycles. The third kappa shape index (κ3) is 0.903. The molecule has 0 aliphatic rings. The highest BCUT2D eigenvalue weighted by atomic mass is 31.0. The Morgan fingerprint density at radius 2 is 2.38 bits per heavy atom. The monoisotopic (exact) mass is 127 g/mol. The van der Waals surface area contributed by atoms with Gasteiger partial charge in [-0.3, -0.25) is 4.79 Å². The predicted molar refractivity (Wildman–Crippen MR) is 36.6 cm³/mol. The van der Waals surface area contributed by atoms with Crippen molar-refractivity contribution in [3.63, 3.8) is 0 Å². The third-order valence-corrected chi connectivity index (χ3v) is 1.69. The van der Waals surface area contributed by atoms with Gasteiger partial charge < -0.3 is 5.73 Å². The minimum Gasteiger partial charge on any atom is -0.395 e. The normalized spacial score (nSPS) is 10.0. The molecular formula is C5H6NOP. The lowest BCUT2D eigenvalue weighted by atomic mass is 10.5. The minimum atomic E-state index is -0.0660. The SMILES string of the molecule is Nc1c[pH]ccc1=O. The van der Waals surface area contributed by atoms with Crippen LogP contribution in [0.5, 0.6) is 0 Å². The van der Waals surface area contributed by atoms with E-state index in [0.29, 0.717) is 13.9 Å². The lowest BCUT2D eigenvalue weighted by Crippen LogP contribution is -2.02. The van der Waals surface area contributed by atoms with E-state index in [0.717, 1.165) is 0 Å². The molecule has 1 aromatic rings. The summed E-state index contributed by atoms with van der Waals surface area (Å²) in [6.45, 7) is 0. The number of hydrogen-bond donors (Lipinski definition) is 1. The molecule has 1 rings (SSSR count). The van der Waals surface area contributed by atoms with Gasteiger partial charge in [0.1, 0.15) is 0 Å². The largest absolute Gasteiger partial charge is 0.395 e. The lowest BCUT2D eigenvalue weighted by Gasteiger charge is -1.83. The van der Waals surface area contributed by atoms with Crippen molar-refractivity contribution in [2.45, 2.75) is 0 Å². The van der Waals surface area contributed by atoms with E-state index in [1.807, 2.05) is 5.80 Å². The molecule has 0 aliphatic carbocycles. The Hall–Kier alpha value is -0.750. The highest BCUT2D eigenvalue weighted by Gasteiger charge is 1.84. The van der Waals surface area contributed by atoms with Crippen molar-refractivity contribution in [3.05, 3.63) is 27.9 Å². The van der Waals surface area contributed by atoms with E-state index in [9.17, 15) is 4.79 Å². The Kier molecular flexibility index (Phi) is 1.36. The predicted octanol–water partition coefficient (Wildman–Crippen LogP) is 0.660. The maximum absolute atomic E-state index is 10.5. The average molecular weight is 127 g/mol. The first kappa shape index (κ1) is 5.39. The molecule has 0 spiro atoms. The molecule has 0 aliphatic heterocycles. The van der Waals surface area contributed by atoms with Gasteiger partial charge in [0.05, 0.1) is 5.69 Å². The second-order valence-electron chi connectivity index (χ2n) is 1.46. The van der Waals surface area contributed by atoms with Crippen LogP contribution in [0.4, 0.5) is 5.69 Å². The van der Waals surface area contributed by atoms with E-state index in [1.165, 1.54) is 6.07 Å². The van der Waals surface area contributed by atoms with Crippen LogP contribution in [0.2, 0.25) is 0 Å². The molecule has 8 heavy (non-hydrogen) atoms. The Labute approximate surface area is 48.4 Å². The van der Waals surface area contributed by atoms with Crippen molar-refractivity contribution in [1.29, 1.82) is 0 Å². The molecule has 0 saturated heterocycles. The lowest BCUT2D eigenvalue weighted by molar-refractivity contribution is 1.65. The van der Waals surface area contributed by atoms with Gasteiger partial charge in [-0.05, 0) is 17.7 Å². The summed E-state index contributed by atoms with van der Waals surface area (Å²) in [6.07, 6.45) is 0. The first-order valence-electron chi connectivity index (χ1n) is 2.23. The second-order valence-corrected chi connectivity index (χ2v) is 2.42. The molecule has 2 N–H and O–H groups in total. The van der Waals surface area contributed by atoms with Gasteiger partial charge in [0, 0.05) is 0 Å². The first-order valence-corrected chi connectivity index (χ1v) is 3.39. The standard InChI is InChI=1S/C5H6NOP/c6-4-3-8-2-1-5(4)7/h1-3,8H,6H2. The summed E-state index contributed by atoms with van der Waals surface area (Å²) in [5.41, 5.74) is 5.56. The zero-order valence-electron chi connectivity index (χ0n) is 4.22.